The molecule has 1 unspecified atom stereocenters. The topological polar surface area (TPSA) is 47.7 Å². The third-order valence-corrected chi connectivity index (χ3v) is 3.47. The standard InChI is InChI=1S/C15H25N5/c1-5-7-16-15(13-10-17-19(4)11-13)9-14-8-12(3)18-20(14)6-2/h8,10-11,15-16H,5-7,9H2,1-4H3. The Bertz CT molecular complexity index is 540. The van der Waals surface area contributed by atoms with E-state index in [1.807, 2.05) is 24.9 Å². The van der Waals surface area contributed by atoms with Gasteiger partial charge in [-0.25, -0.2) is 0 Å². The van der Waals surface area contributed by atoms with E-state index in [9.17, 15) is 0 Å². The van der Waals surface area contributed by atoms with Crippen LogP contribution in [-0.2, 0) is 20.0 Å². The number of nitrogens with one attached hydrogen (secondary N) is 1. The zero-order chi connectivity index (χ0) is 14.5. The van der Waals surface area contributed by atoms with E-state index >= 15 is 0 Å². The molecule has 0 amide bonds. The highest BCUT2D eigenvalue weighted by Gasteiger charge is 2.16. The molecular weight excluding hydrogens is 250 g/mol. The van der Waals surface area contributed by atoms with E-state index in [2.05, 4.69) is 46.3 Å². The van der Waals surface area contributed by atoms with Crippen LogP contribution in [0.2, 0.25) is 0 Å². The zero-order valence-corrected chi connectivity index (χ0v) is 12.9. The molecule has 0 radical (unpaired) electrons. The minimum Gasteiger partial charge on any atom is -0.310 e. The molecule has 2 aromatic rings. The second kappa shape index (κ2) is 6.70. The van der Waals surface area contributed by atoms with Crippen molar-refractivity contribution in [2.24, 2.45) is 7.05 Å². The Kier molecular flexibility index (Phi) is 4.95. The zero-order valence-electron chi connectivity index (χ0n) is 12.9. The quantitative estimate of drug-likeness (QED) is 0.843. The van der Waals surface area contributed by atoms with Crippen molar-refractivity contribution < 1.29 is 0 Å². The van der Waals surface area contributed by atoms with Crippen molar-refractivity contribution in [2.75, 3.05) is 6.54 Å². The highest BCUT2D eigenvalue weighted by molar-refractivity contribution is 5.17. The molecule has 1 N–H and O–H groups in total. The molecule has 0 aliphatic heterocycles. The molecule has 2 heterocycles. The summed E-state index contributed by atoms with van der Waals surface area (Å²) >= 11 is 0. The van der Waals surface area contributed by atoms with Crippen LogP contribution < -0.4 is 5.32 Å². The van der Waals surface area contributed by atoms with Gasteiger partial charge in [0.15, 0.2) is 0 Å². The molecule has 20 heavy (non-hydrogen) atoms. The van der Waals surface area contributed by atoms with Crippen LogP contribution in [0.15, 0.2) is 18.5 Å². The van der Waals surface area contributed by atoms with Crippen LogP contribution in [0.5, 0.6) is 0 Å². The van der Waals surface area contributed by atoms with Crippen LogP contribution in [0, 0.1) is 6.92 Å². The fourth-order valence-corrected chi connectivity index (χ4v) is 2.49. The lowest BCUT2D eigenvalue weighted by Crippen LogP contribution is -2.24. The summed E-state index contributed by atoms with van der Waals surface area (Å²) in [7, 11) is 1.96. The van der Waals surface area contributed by atoms with E-state index in [0.29, 0.717) is 6.04 Å². The minimum atomic E-state index is 0.296. The summed E-state index contributed by atoms with van der Waals surface area (Å²) in [5, 5.41) is 12.4. The van der Waals surface area contributed by atoms with Gasteiger partial charge in [0.1, 0.15) is 0 Å². The van der Waals surface area contributed by atoms with Crippen LogP contribution in [0.1, 0.15) is 43.3 Å². The lowest BCUT2D eigenvalue weighted by Gasteiger charge is -2.17. The normalized spacial score (nSPS) is 12.8. The summed E-state index contributed by atoms with van der Waals surface area (Å²) in [6, 6.07) is 2.48. The molecule has 0 saturated heterocycles. The molecule has 2 rings (SSSR count). The van der Waals surface area contributed by atoms with E-state index in [4.69, 9.17) is 0 Å². The average molecular weight is 275 g/mol. The van der Waals surface area contributed by atoms with Gasteiger partial charge in [0, 0.05) is 43.5 Å². The molecule has 0 fully saturated rings. The third-order valence-electron chi connectivity index (χ3n) is 3.47. The maximum Gasteiger partial charge on any atom is 0.0596 e. The summed E-state index contributed by atoms with van der Waals surface area (Å²) in [5.74, 6) is 0. The Labute approximate surface area is 121 Å². The predicted octanol–water partition coefficient (Wildman–Crippen LogP) is 2.23. The SMILES string of the molecule is CCCNC(Cc1cc(C)nn1CC)c1cnn(C)c1. The Hall–Kier alpha value is -1.62. The number of nitrogens with zero attached hydrogens (tertiary/aromatic N) is 4. The fourth-order valence-electron chi connectivity index (χ4n) is 2.49. The molecule has 0 aliphatic carbocycles. The lowest BCUT2D eigenvalue weighted by molar-refractivity contribution is 0.502. The molecule has 0 spiro atoms. The number of hydrogen-bond acceptors (Lipinski definition) is 3. The van der Waals surface area contributed by atoms with Gasteiger partial charge >= 0.3 is 0 Å². The molecule has 0 bridgehead atoms. The first-order valence-electron chi connectivity index (χ1n) is 7.39. The van der Waals surface area contributed by atoms with Gasteiger partial charge in [0.05, 0.1) is 11.9 Å². The largest absolute Gasteiger partial charge is 0.310 e. The number of hydrogen-bond donors (Lipinski definition) is 1. The van der Waals surface area contributed by atoms with Crippen molar-refractivity contribution in [3.63, 3.8) is 0 Å². The molecule has 2 aromatic heterocycles. The molecular formula is C15H25N5. The summed E-state index contributed by atoms with van der Waals surface area (Å²) in [6.07, 6.45) is 6.11. The van der Waals surface area contributed by atoms with E-state index in [1.54, 1.807) is 0 Å². The lowest BCUT2D eigenvalue weighted by atomic mass is 10.0. The highest BCUT2D eigenvalue weighted by atomic mass is 15.3. The number of aryl methyl sites for hydroxylation is 3. The minimum absolute atomic E-state index is 0.296. The Morgan fingerprint density at radius 1 is 1.35 bits per heavy atom. The molecule has 1 atom stereocenters. The third kappa shape index (κ3) is 3.48. The second-order valence-electron chi connectivity index (χ2n) is 5.25. The molecule has 0 saturated carbocycles. The van der Waals surface area contributed by atoms with Crippen molar-refractivity contribution in [1.82, 2.24) is 24.9 Å². The molecule has 5 nitrogen and oxygen atoms in total. The van der Waals surface area contributed by atoms with Crippen molar-refractivity contribution >= 4 is 0 Å². The van der Waals surface area contributed by atoms with Gasteiger partial charge in [-0.2, -0.15) is 10.2 Å². The van der Waals surface area contributed by atoms with Crippen molar-refractivity contribution in [1.29, 1.82) is 0 Å². The van der Waals surface area contributed by atoms with Gasteiger partial charge in [-0.1, -0.05) is 6.92 Å². The number of rotatable bonds is 7. The summed E-state index contributed by atoms with van der Waals surface area (Å²) in [6.45, 7) is 8.30. The van der Waals surface area contributed by atoms with Gasteiger partial charge in [0.2, 0.25) is 0 Å². The average Bonchev–Trinajstić information content (AvgIpc) is 3.00. The first-order chi connectivity index (χ1) is 9.63. The Morgan fingerprint density at radius 3 is 2.75 bits per heavy atom. The van der Waals surface area contributed by atoms with E-state index < -0.39 is 0 Å². The molecule has 0 aliphatic rings. The van der Waals surface area contributed by atoms with Crippen LogP contribution in [-0.4, -0.2) is 26.1 Å². The van der Waals surface area contributed by atoms with E-state index in [-0.39, 0.29) is 0 Å². The van der Waals surface area contributed by atoms with Gasteiger partial charge in [-0.15, -0.1) is 0 Å². The summed E-state index contributed by atoms with van der Waals surface area (Å²) in [4.78, 5) is 0. The maximum atomic E-state index is 4.53. The summed E-state index contributed by atoms with van der Waals surface area (Å²) < 4.78 is 3.95. The van der Waals surface area contributed by atoms with Gasteiger partial charge in [-0.05, 0) is 32.9 Å². The number of aromatic nitrogens is 4. The Balaban J connectivity index is 2.18. The van der Waals surface area contributed by atoms with Gasteiger partial charge in [0.25, 0.3) is 0 Å². The molecule has 0 aromatic carbocycles. The van der Waals surface area contributed by atoms with Gasteiger partial charge in [-0.3, -0.25) is 9.36 Å². The summed E-state index contributed by atoms with van der Waals surface area (Å²) in [5.41, 5.74) is 3.60. The van der Waals surface area contributed by atoms with E-state index in [1.165, 1.54) is 11.3 Å². The first kappa shape index (κ1) is 14.8. The van der Waals surface area contributed by atoms with Crippen molar-refractivity contribution in [3.8, 4) is 0 Å². The van der Waals surface area contributed by atoms with Crippen LogP contribution in [0.3, 0.4) is 0 Å². The highest BCUT2D eigenvalue weighted by Crippen LogP contribution is 2.18. The molecule has 110 valence electrons. The smallest absolute Gasteiger partial charge is 0.0596 e. The fraction of sp³-hybridized carbons (Fsp3) is 0.600. The van der Waals surface area contributed by atoms with E-state index in [0.717, 1.165) is 31.6 Å². The van der Waals surface area contributed by atoms with Gasteiger partial charge < -0.3 is 5.32 Å². The predicted molar refractivity (Wildman–Crippen MR) is 80.6 cm³/mol. The van der Waals surface area contributed by atoms with Crippen LogP contribution in [0.4, 0.5) is 0 Å². The van der Waals surface area contributed by atoms with Crippen molar-refractivity contribution in [2.45, 2.75) is 46.2 Å². The van der Waals surface area contributed by atoms with Crippen LogP contribution >= 0.6 is 0 Å². The monoisotopic (exact) mass is 275 g/mol. The Morgan fingerprint density at radius 2 is 2.15 bits per heavy atom. The van der Waals surface area contributed by atoms with Crippen molar-refractivity contribution in [3.05, 3.63) is 35.4 Å². The first-order valence-corrected chi connectivity index (χ1v) is 7.39. The second-order valence-corrected chi connectivity index (χ2v) is 5.25. The maximum absolute atomic E-state index is 4.53. The molecule has 5 heteroatoms. The van der Waals surface area contributed by atoms with Crippen LogP contribution in [0.25, 0.3) is 0 Å².